The predicted octanol–water partition coefficient (Wildman–Crippen LogP) is 4.65. The van der Waals surface area contributed by atoms with E-state index >= 15 is 0 Å². The highest BCUT2D eigenvalue weighted by atomic mass is 16.1. The van der Waals surface area contributed by atoms with E-state index in [0.29, 0.717) is 11.6 Å². The molecule has 3 rings (SSSR count). The van der Waals surface area contributed by atoms with Crippen LogP contribution in [-0.4, -0.2) is 15.9 Å². The number of rotatable bonds is 5. The zero-order chi connectivity index (χ0) is 18.5. The van der Waals surface area contributed by atoms with E-state index in [1.807, 2.05) is 50.2 Å². The second-order valence-electron chi connectivity index (χ2n) is 6.12. The summed E-state index contributed by atoms with van der Waals surface area (Å²) in [7, 11) is 0. The molecule has 0 aliphatic carbocycles. The van der Waals surface area contributed by atoms with Crippen LogP contribution in [-0.2, 0) is 6.42 Å². The van der Waals surface area contributed by atoms with Gasteiger partial charge in [0.2, 0.25) is 5.95 Å². The molecule has 0 radical (unpaired) electrons. The van der Waals surface area contributed by atoms with Crippen molar-refractivity contribution in [2.24, 2.45) is 0 Å². The van der Waals surface area contributed by atoms with Crippen molar-refractivity contribution in [2.75, 3.05) is 10.6 Å². The molecule has 5 nitrogen and oxygen atoms in total. The fraction of sp³-hybridized carbons (Fsp3) is 0.190. The minimum absolute atomic E-state index is 0.253. The molecule has 0 unspecified atom stereocenters. The third-order valence-corrected chi connectivity index (χ3v) is 4.25. The molecule has 0 atom stereocenters. The van der Waals surface area contributed by atoms with Gasteiger partial charge in [0.1, 0.15) is 5.69 Å². The van der Waals surface area contributed by atoms with Gasteiger partial charge in [0.25, 0.3) is 5.91 Å². The van der Waals surface area contributed by atoms with Crippen molar-refractivity contribution in [3.63, 3.8) is 0 Å². The van der Waals surface area contributed by atoms with E-state index in [1.165, 1.54) is 5.56 Å². The summed E-state index contributed by atoms with van der Waals surface area (Å²) in [5, 5.41) is 6.15. The lowest BCUT2D eigenvalue weighted by Crippen LogP contribution is -2.16. The van der Waals surface area contributed by atoms with Gasteiger partial charge >= 0.3 is 0 Å². The first-order valence-electron chi connectivity index (χ1n) is 8.64. The van der Waals surface area contributed by atoms with E-state index in [2.05, 4.69) is 33.6 Å². The van der Waals surface area contributed by atoms with Crippen LogP contribution < -0.4 is 10.6 Å². The first kappa shape index (κ1) is 17.6. The number of carbonyl (C=O) groups excluding carboxylic acids is 1. The van der Waals surface area contributed by atoms with Crippen LogP contribution in [0.15, 0.2) is 54.7 Å². The number of aromatic nitrogens is 2. The van der Waals surface area contributed by atoms with Crippen LogP contribution in [0.1, 0.15) is 34.1 Å². The number of hydrogen-bond donors (Lipinski definition) is 2. The Balaban J connectivity index is 1.82. The van der Waals surface area contributed by atoms with Crippen LogP contribution >= 0.6 is 0 Å². The topological polar surface area (TPSA) is 66.9 Å². The Kier molecular flexibility index (Phi) is 5.27. The molecule has 1 heterocycles. The smallest absolute Gasteiger partial charge is 0.274 e. The van der Waals surface area contributed by atoms with Crippen molar-refractivity contribution in [2.45, 2.75) is 27.2 Å². The van der Waals surface area contributed by atoms with Gasteiger partial charge in [-0.2, -0.15) is 0 Å². The third-order valence-electron chi connectivity index (χ3n) is 4.25. The highest BCUT2D eigenvalue weighted by Crippen LogP contribution is 2.21. The van der Waals surface area contributed by atoms with Crippen LogP contribution in [0.2, 0.25) is 0 Å². The molecule has 0 saturated carbocycles. The minimum Gasteiger partial charge on any atom is -0.324 e. The van der Waals surface area contributed by atoms with Gasteiger partial charge in [0, 0.05) is 17.6 Å². The van der Waals surface area contributed by atoms with Gasteiger partial charge in [-0.25, -0.2) is 9.97 Å². The Morgan fingerprint density at radius 3 is 2.46 bits per heavy atom. The van der Waals surface area contributed by atoms with Crippen molar-refractivity contribution in [3.8, 4) is 0 Å². The van der Waals surface area contributed by atoms with Gasteiger partial charge in [-0.15, -0.1) is 0 Å². The Morgan fingerprint density at radius 1 is 1.00 bits per heavy atom. The third kappa shape index (κ3) is 3.88. The number of benzene rings is 2. The number of carbonyl (C=O) groups is 1. The van der Waals surface area contributed by atoms with Crippen LogP contribution in [0.4, 0.5) is 17.3 Å². The highest BCUT2D eigenvalue weighted by Gasteiger charge is 2.12. The average molecular weight is 346 g/mol. The number of para-hydroxylation sites is 2. The molecule has 2 aromatic carbocycles. The largest absolute Gasteiger partial charge is 0.324 e. The first-order chi connectivity index (χ1) is 12.6. The van der Waals surface area contributed by atoms with Crippen molar-refractivity contribution in [1.29, 1.82) is 0 Å². The van der Waals surface area contributed by atoms with Gasteiger partial charge in [-0.1, -0.05) is 43.3 Å². The molecular formula is C21H22N4O. The van der Waals surface area contributed by atoms with Crippen molar-refractivity contribution >= 4 is 23.2 Å². The van der Waals surface area contributed by atoms with Crippen LogP contribution in [0.5, 0.6) is 0 Å². The van der Waals surface area contributed by atoms with Crippen molar-refractivity contribution in [3.05, 3.63) is 77.1 Å². The van der Waals surface area contributed by atoms with Gasteiger partial charge in [0.15, 0.2) is 0 Å². The van der Waals surface area contributed by atoms with Gasteiger partial charge < -0.3 is 10.6 Å². The summed E-state index contributed by atoms with van der Waals surface area (Å²) in [6, 6.07) is 15.5. The van der Waals surface area contributed by atoms with Gasteiger partial charge in [-0.05, 0) is 49.1 Å². The molecule has 2 N–H and O–H groups in total. The summed E-state index contributed by atoms with van der Waals surface area (Å²) >= 11 is 0. The molecule has 0 spiro atoms. The molecule has 0 saturated heterocycles. The second-order valence-corrected chi connectivity index (χ2v) is 6.12. The van der Waals surface area contributed by atoms with Crippen molar-refractivity contribution < 1.29 is 4.79 Å². The molecule has 26 heavy (non-hydrogen) atoms. The quantitative estimate of drug-likeness (QED) is 0.705. The van der Waals surface area contributed by atoms with Crippen LogP contribution in [0.3, 0.4) is 0 Å². The summed E-state index contributed by atoms with van der Waals surface area (Å²) in [6.07, 6.45) is 2.49. The molecule has 0 bridgehead atoms. The Bertz CT molecular complexity index is 917. The number of nitrogens with one attached hydrogen (secondary N) is 2. The van der Waals surface area contributed by atoms with Crippen LogP contribution in [0, 0.1) is 13.8 Å². The highest BCUT2D eigenvalue weighted by molar-refractivity contribution is 6.03. The minimum atomic E-state index is -0.253. The van der Waals surface area contributed by atoms with Crippen molar-refractivity contribution in [1.82, 2.24) is 9.97 Å². The standard InChI is InChI=1S/C21H22N4O/c1-4-16-10-5-6-11-17(16)23-21-22-13-12-18(24-21)20(26)25-19-14(2)8-7-9-15(19)3/h5-13H,4H2,1-3H3,(H,25,26)(H,22,23,24). The lowest BCUT2D eigenvalue weighted by molar-refractivity contribution is 0.102. The molecule has 3 aromatic rings. The zero-order valence-corrected chi connectivity index (χ0v) is 15.2. The van der Waals surface area contributed by atoms with E-state index < -0.39 is 0 Å². The number of amides is 1. The molecule has 0 fully saturated rings. The van der Waals surface area contributed by atoms with E-state index in [0.717, 1.165) is 28.9 Å². The summed E-state index contributed by atoms with van der Waals surface area (Å²) in [5.74, 6) is 0.150. The SMILES string of the molecule is CCc1ccccc1Nc1nccc(C(=O)Nc2c(C)cccc2C)n1. The maximum Gasteiger partial charge on any atom is 0.274 e. The molecule has 0 aliphatic rings. The monoisotopic (exact) mass is 346 g/mol. The van der Waals surface area contributed by atoms with Gasteiger partial charge in [0.05, 0.1) is 0 Å². The maximum absolute atomic E-state index is 12.6. The first-order valence-corrected chi connectivity index (χ1v) is 8.64. The van der Waals surface area contributed by atoms with Gasteiger partial charge in [-0.3, -0.25) is 4.79 Å². The number of nitrogens with zero attached hydrogens (tertiary/aromatic N) is 2. The lowest BCUT2D eigenvalue weighted by Gasteiger charge is -2.12. The summed E-state index contributed by atoms with van der Waals surface area (Å²) in [6.45, 7) is 6.03. The predicted molar refractivity (Wildman–Crippen MR) is 105 cm³/mol. The Morgan fingerprint density at radius 2 is 1.73 bits per heavy atom. The number of aryl methyl sites for hydroxylation is 3. The molecule has 1 amide bonds. The maximum atomic E-state index is 12.6. The lowest BCUT2D eigenvalue weighted by atomic mass is 10.1. The second kappa shape index (κ2) is 7.78. The zero-order valence-electron chi connectivity index (χ0n) is 15.2. The fourth-order valence-corrected chi connectivity index (χ4v) is 2.81. The molecule has 132 valence electrons. The summed E-state index contributed by atoms with van der Waals surface area (Å²) in [5.41, 5.74) is 5.29. The Hall–Kier alpha value is -3.21. The van der Waals surface area contributed by atoms with E-state index in [1.54, 1.807) is 12.3 Å². The molecular weight excluding hydrogens is 324 g/mol. The summed E-state index contributed by atoms with van der Waals surface area (Å²) in [4.78, 5) is 21.2. The summed E-state index contributed by atoms with van der Waals surface area (Å²) < 4.78 is 0. The number of hydrogen-bond acceptors (Lipinski definition) is 4. The fourth-order valence-electron chi connectivity index (χ4n) is 2.81. The molecule has 1 aromatic heterocycles. The number of anilines is 3. The Labute approximate surface area is 153 Å². The molecule has 5 heteroatoms. The normalized spacial score (nSPS) is 10.4. The van der Waals surface area contributed by atoms with E-state index in [9.17, 15) is 4.79 Å². The van der Waals surface area contributed by atoms with E-state index in [4.69, 9.17) is 0 Å². The van der Waals surface area contributed by atoms with Crippen LogP contribution in [0.25, 0.3) is 0 Å². The molecule has 0 aliphatic heterocycles. The average Bonchev–Trinajstić information content (AvgIpc) is 2.65. The van der Waals surface area contributed by atoms with E-state index in [-0.39, 0.29) is 5.91 Å².